The number of piperazine rings is 1. The van der Waals surface area contributed by atoms with Crippen LogP contribution in [0.4, 0.5) is 0 Å². The van der Waals surface area contributed by atoms with Gasteiger partial charge in [-0.3, -0.25) is 4.79 Å². The molecule has 16 heavy (non-hydrogen) atoms. The van der Waals surface area contributed by atoms with Crippen molar-refractivity contribution >= 4 is 17.2 Å². The normalized spacial score (nSPS) is 16.4. The predicted octanol–water partition coefficient (Wildman–Crippen LogP) is 1.14. The van der Waals surface area contributed by atoms with Crippen LogP contribution in [0, 0.1) is 0 Å². The summed E-state index contributed by atoms with van der Waals surface area (Å²) in [5, 5.41) is 4.31. The highest BCUT2D eigenvalue weighted by Gasteiger charge is 2.19. The number of nitrogens with one attached hydrogen (secondary N) is 1. The molecule has 88 valence electrons. The van der Waals surface area contributed by atoms with Crippen LogP contribution in [-0.2, 0) is 6.42 Å². The third-order valence-corrected chi connectivity index (χ3v) is 3.68. The van der Waals surface area contributed by atoms with Gasteiger partial charge in [-0.05, 0) is 12.8 Å². The highest BCUT2D eigenvalue weighted by Crippen LogP contribution is 2.16. The molecule has 0 saturated carbocycles. The van der Waals surface area contributed by atoms with Gasteiger partial charge in [-0.2, -0.15) is 0 Å². The Balaban J connectivity index is 2.01. The van der Waals surface area contributed by atoms with Gasteiger partial charge in [0.05, 0.1) is 11.2 Å². The molecule has 0 bridgehead atoms. The Morgan fingerprint density at radius 1 is 1.56 bits per heavy atom. The van der Waals surface area contributed by atoms with Crippen LogP contribution in [0.2, 0.25) is 0 Å². The summed E-state index contributed by atoms with van der Waals surface area (Å²) in [4.78, 5) is 19.0. The van der Waals surface area contributed by atoms with Crippen molar-refractivity contribution < 1.29 is 4.79 Å². The maximum atomic E-state index is 12.1. The molecular formula is C11H17N3OS. The van der Waals surface area contributed by atoms with Crippen molar-refractivity contribution in [2.75, 3.05) is 26.2 Å². The summed E-state index contributed by atoms with van der Waals surface area (Å²) in [5.74, 6) is 0.140. The van der Waals surface area contributed by atoms with E-state index in [0.29, 0.717) is 0 Å². The van der Waals surface area contributed by atoms with Crippen molar-refractivity contribution in [3.05, 3.63) is 16.1 Å². The van der Waals surface area contributed by atoms with Crippen molar-refractivity contribution in [1.29, 1.82) is 0 Å². The SMILES string of the molecule is CCCc1ncc(C(=O)N2CCNCC2)s1. The lowest BCUT2D eigenvalue weighted by Crippen LogP contribution is -2.46. The molecule has 1 aromatic heterocycles. The zero-order valence-corrected chi connectivity index (χ0v) is 10.3. The highest BCUT2D eigenvalue weighted by atomic mass is 32.1. The number of thiazole rings is 1. The second-order valence-electron chi connectivity index (χ2n) is 3.91. The lowest BCUT2D eigenvalue weighted by molar-refractivity contribution is 0.0740. The standard InChI is InChI=1S/C11H17N3OS/c1-2-3-10-13-8-9(16-10)11(15)14-6-4-12-5-7-14/h8,12H,2-7H2,1H3. The summed E-state index contributed by atoms with van der Waals surface area (Å²) >= 11 is 1.54. The topological polar surface area (TPSA) is 45.2 Å². The van der Waals surface area contributed by atoms with E-state index in [4.69, 9.17) is 0 Å². The Bertz CT molecular complexity index is 358. The maximum Gasteiger partial charge on any atom is 0.265 e. The van der Waals surface area contributed by atoms with Crippen LogP contribution in [-0.4, -0.2) is 42.0 Å². The Hall–Kier alpha value is -0.940. The summed E-state index contributed by atoms with van der Waals surface area (Å²) < 4.78 is 0. The number of carbonyl (C=O) groups is 1. The van der Waals surface area contributed by atoms with E-state index in [-0.39, 0.29) is 5.91 Å². The van der Waals surface area contributed by atoms with Crippen molar-refractivity contribution in [3.63, 3.8) is 0 Å². The first kappa shape index (κ1) is 11.5. The van der Waals surface area contributed by atoms with Gasteiger partial charge in [-0.1, -0.05) is 6.92 Å². The van der Waals surface area contributed by atoms with Gasteiger partial charge in [0.25, 0.3) is 5.91 Å². The first-order valence-electron chi connectivity index (χ1n) is 5.76. The summed E-state index contributed by atoms with van der Waals surface area (Å²) in [6.45, 7) is 5.53. The molecule has 1 N–H and O–H groups in total. The number of aryl methyl sites for hydroxylation is 1. The Morgan fingerprint density at radius 2 is 2.31 bits per heavy atom. The molecule has 2 heterocycles. The molecule has 0 radical (unpaired) electrons. The van der Waals surface area contributed by atoms with E-state index in [0.717, 1.165) is 48.9 Å². The van der Waals surface area contributed by atoms with Crippen LogP contribution >= 0.6 is 11.3 Å². The molecule has 0 spiro atoms. The highest BCUT2D eigenvalue weighted by molar-refractivity contribution is 7.13. The van der Waals surface area contributed by atoms with Crippen LogP contribution in [0.25, 0.3) is 0 Å². The Labute approximate surface area is 99.7 Å². The van der Waals surface area contributed by atoms with E-state index < -0.39 is 0 Å². The molecule has 1 fully saturated rings. The van der Waals surface area contributed by atoms with E-state index in [1.165, 1.54) is 11.3 Å². The molecule has 1 amide bonds. The molecule has 1 aliphatic rings. The fourth-order valence-corrected chi connectivity index (χ4v) is 2.75. The zero-order valence-electron chi connectivity index (χ0n) is 9.53. The fourth-order valence-electron chi connectivity index (χ4n) is 1.76. The summed E-state index contributed by atoms with van der Waals surface area (Å²) in [6, 6.07) is 0. The van der Waals surface area contributed by atoms with Gasteiger partial charge in [0.15, 0.2) is 0 Å². The summed E-state index contributed by atoms with van der Waals surface area (Å²) in [5.41, 5.74) is 0. The van der Waals surface area contributed by atoms with Crippen LogP contribution in [0.15, 0.2) is 6.20 Å². The number of hydrogen-bond donors (Lipinski definition) is 1. The number of nitrogens with zero attached hydrogens (tertiary/aromatic N) is 2. The molecule has 1 aliphatic heterocycles. The van der Waals surface area contributed by atoms with Gasteiger partial charge in [0.2, 0.25) is 0 Å². The Morgan fingerprint density at radius 3 is 3.00 bits per heavy atom. The second kappa shape index (κ2) is 5.41. The zero-order chi connectivity index (χ0) is 11.4. The third kappa shape index (κ3) is 2.59. The number of rotatable bonds is 3. The first-order valence-corrected chi connectivity index (χ1v) is 6.57. The van der Waals surface area contributed by atoms with Crippen LogP contribution in [0.1, 0.15) is 28.0 Å². The average Bonchev–Trinajstić information content (AvgIpc) is 2.78. The van der Waals surface area contributed by atoms with Gasteiger partial charge in [0.1, 0.15) is 4.88 Å². The fraction of sp³-hybridized carbons (Fsp3) is 0.636. The van der Waals surface area contributed by atoms with Gasteiger partial charge in [-0.25, -0.2) is 4.98 Å². The second-order valence-corrected chi connectivity index (χ2v) is 5.03. The molecule has 4 nitrogen and oxygen atoms in total. The predicted molar refractivity (Wildman–Crippen MR) is 64.9 cm³/mol. The number of carbonyl (C=O) groups excluding carboxylic acids is 1. The molecule has 5 heteroatoms. The van der Waals surface area contributed by atoms with E-state index in [1.54, 1.807) is 6.20 Å². The van der Waals surface area contributed by atoms with E-state index >= 15 is 0 Å². The quantitative estimate of drug-likeness (QED) is 0.860. The van der Waals surface area contributed by atoms with Crippen LogP contribution in [0.3, 0.4) is 0 Å². The first-order chi connectivity index (χ1) is 7.81. The number of amides is 1. The minimum absolute atomic E-state index is 0.140. The average molecular weight is 239 g/mol. The van der Waals surface area contributed by atoms with Crippen molar-refractivity contribution in [2.45, 2.75) is 19.8 Å². The smallest absolute Gasteiger partial charge is 0.265 e. The molecule has 1 saturated heterocycles. The van der Waals surface area contributed by atoms with Gasteiger partial charge in [0, 0.05) is 26.2 Å². The number of hydrogen-bond acceptors (Lipinski definition) is 4. The lowest BCUT2D eigenvalue weighted by atomic mass is 10.3. The summed E-state index contributed by atoms with van der Waals surface area (Å²) in [7, 11) is 0. The van der Waals surface area contributed by atoms with Crippen molar-refractivity contribution in [2.24, 2.45) is 0 Å². The van der Waals surface area contributed by atoms with E-state index in [9.17, 15) is 4.79 Å². The largest absolute Gasteiger partial charge is 0.335 e. The monoisotopic (exact) mass is 239 g/mol. The van der Waals surface area contributed by atoms with Crippen LogP contribution < -0.4 is 5.32 Å². The minimum Gasteiger partial charge on any atom is -0.335 e. The third-order valence-electron chi connectivity index (χ3n) is 2.63. The van der Waals surface area contributed by atoms with Gasteiger partial charge >= 0.3 is 0 Å². The van der Waals surface area contributed by atoms with Gasteiger partial charge < -0.3 is 10.2 Å². The molecule has 0 aromatic carbocycles. The minimum atomic E-state index is 0.140. The van der Waals surface area contributed by atoms with E-state index in [1.807, 2.05) is 4.90 Å². The molecule has 0 aliphatic carbocycles. The maximum absolute atomic E-state index is 12.1. The number of aromatic nitrogens is 1. The summed E-state index contributed by atoms with van der Waals surface area (Å²) in [6.07, 6.45) is 3.77. The van der Waals surface area contributed by atoms with Gasteiger partial charge in [-0.15, -0.1) is 11.3 Å². The molecule has 0 unspecified atom stereocenters. The van der Waals surface area contributed by atoms with Crippen molar-refractivity contribution in [1.82, 2.24) is 15.2 Å². The lowest BCUT2D eigenvalue weighted by Gasteiger charge is -2.26. The Kier molecular flexibility index (Phi) is 3.90. The molecule has 2 rings (SSSR count). The molecule has 1 aromatic rings. The van der Waals surface area contributed by atoms with E-state index in [2.05, 4.69) is 17.2 Å². The molecular weight excluding hydrogens is 222 g/mol. The molecule has 0 atom stereocenters. The van der Waals surface area contributed by atoms with Crippen LogP contribution in [0.5, 0.6) is 0 Å². The van der Waals surface area contributed by atoms with Crippen molar-refractivity contribution in [3.8, 4) is 0 Å².